The van der Waals surface area contributed by atoms with E-state index in [4.69, 9.17) is 18.9 Å². The fraction of sp³-hybridized carbons (Fsp3) is 0.444. The Kier molecular flexibility index (Phi) is 5.93. The maximum Gasteiger partial charge on any atom is 0.249 e. The molecule has 134 valence electrons. The second kappa shape index (κ2) is 8.35. The fourth-order valence-corrected chi connectivity index (χ4v) is 2.55. The van der Waals surface area contributed by atoms with Crippen molar-refractivity contribution in [3.05, 3.63) is 64.4 Å². The van der Waals surface area contributed by atoms with Crippen molar-refractivity contribution in [2.24, 2.45) is 0 Å². The molecule has 0 aliphatic carbocycles. The molecule has 0 bridgehead atoms. The molecule has 2 aromatic rings. The molecule has 2 fully saturated rings. The average Bonchev–Trinajstić information content (AvgIpc) is 3.32. The van der Waals surface area contributed by atoms with Crippen LogP contribution in [0.25, 0.3) is 0 Å². The molecule has 0 unspecified atom stereocenters. The van der Waals surface area contributed by atoms with Gasteiger partial charge in [-0.15, -0.1) is 0 Å². The lowest BCUT2D eigenvalue weighted by atomic mass is 10.3. The second-order valence-corrected chi connectivity index (χ2v) is 5.74. The molecule has 0 saturated carbocycles. The first-order valence-electron chi connectivity index (χ1n) is 8.24. The predicted molar refractivity (Wildman–Crippen MR) is 88.4 cm³/mol. The van der Waals surface area contributed by atoms with Gasteiger partial charge in [-0.2, -0.15) is 4.73 Å². The van der Waals surface area contributed by atoms with Crippen LogP contribution >= 0.6 is 0 Å². The Morgan fingerprint density at radius 3 is 2.12 bits per heavy atom. The molecule has 0 N–H and O–H groups in total. The first-order chi connectivity index (χ1) is 12.1. The lowest BCUT2D eigenvalue weighted by Crippen LogP contribution is -2.36. The van der Waals surface area contributed by atoms with Gasteiger partial charge >= 0.3 is 0 Å². The largest absolute Gasteiger partial charge is 0.618 e. The Morgan fingerprint density at radius 2 is 1.48 bits per heavy atom. The summed E-state index contributed by atoms with van der Waals surface area (Å²) < 4.78 is 21.9. The third-order valence-electron chi connectivity index (χ3n) is 3.80. The van der Waals surface area contributed by atoms with Gasteiger partial charge in [0.2, 0.25) is 18.3 Å². The third-order valence-corrected chi connectivity index (χ3v) is 3.80. The molecule has 2 aliphatic heterocycles. The van der Waals surface area contributed by atoms with Crippen LogP contribution in [0.4, 0.5) is 0 Å². The van der Waals surface area contributed by atoms with Crippen molar-refractivity contribution < 1.29 is 23.7 Å². The SMILES string of the molecule is Cc1cccc(C2OCCO2)[n+]1[O-].Cc1cccc(C2OCCO2)n1. The summed E-state index contributed by atoms with van der Waals surface area (Å²) >= 11 is 0. The highest BCUT2D eigenvalue weighted by Crippen LogP contribution is 2.21. The third kappa shape index (κ3) is 4.52. The molecule has 0 aromatic carbocycles. The number of pyridine rings is 2. The Morgan fingerprint density at radius 1 is 0.880 bits per heavy atom. The molecule has 2 aromatic heterocycles. The average molecular weight is 346 g/mol. The molecule has 0 amide bonds. The van der Waals surface area contributed by atoms with Crippen molar-refractivity contribution in [3.8, 4) is 0 Å². The van der Waals surface area contributed by atoms with Crippen molar-refractivity contribution in [2.45, 2.75) is 26.4 Å². The lowest BCUT2D eigenvalue weighted by molar-refractivity contribution is -0.628. The zero-order valence-electron chi connectivity index (χ0n) is 14.4. The summed E-state index contributed by atoms with van der Waals surface area (Å²) in [5, 5.41) is 11.5. The van der Waals surface area contributed by atoms with Crippen molar-refractivity contribution in [1.82, 2.24) is 4.98 Å². The van der Waals surface area contributed by atoms with Gasteiger partial charge in [0.1, 0.15) is 0 Å². The molecule has 4 heterocycles. The van der Waals surface area contributed by atoms with Crippen molar-refractivity contribution in [1.29, 1.82) is 0 Å². The van der Waals surface area contributed by atoms with Gasteiger partial charge in [0.25, 0.3) is 0 Å². The molecule has 7 heteroatoms. The van der Waals surface area contributed by atoms with Crippen LogP contribution in [0.2, 0.25) is 0 Å². The number of hydrogen-bond acceptors (Lipinski definition) is 6. The van der Waals surface area contributed by atoms with Gasteiger partial charge in [-0.05, 0) is 25.1 Å². The van der Waals surface area contributed by atoms with Crippen LogP contribution in [0.3, 0.4) is 0 Å². The van der Waals surface area contributed by atoms with E-state index in [9.17, 15) is 5.21 Å². The summed E-state index contributed by atoms with van der Waals surface area (Å²) in [4.78, 5) is 4.31. The second-order valence-electron chi connectivity index (χ2n) is 5.74. The highest BCUT2D eigenvalue weighted by molar-refractivity contribution is 5.11. The normalized spacial score (nSPS) is 18.2. The molecule has 0 spiro atoms. The number of hydrogen-bond donors (Lipinski definition) is 0. The van der Waals surface area contributed by atoms with Gasteiger partial charge in [-0.25, -0.2) is 0 Å². The summed E-state index contributed by atoms with van der Waals surface area (Å²) in [6.45, 7) is 6.15. The van der Waals surface area contributed by atoms with E-state index < -0.39 is 6.29 Å². The van der Waals surface area contributed by atoms with Crippen LogP contribution in [0, 0.1) is 19.1 Å². The molecular weight excluding hydrogens is 324 g/mol. The maximum atomic E-state index is 11.5. The van der Waals surface area contributed by atoms with Crippen LogP contribution in [0.15, 0.2) is 36.4 Å². The van der Waals surface area contributed by atoms with Gasteiger partial charge in [-0.1, -0.05) is 6.07 Å². The summed E-state index contributed by atoms with van der Waals surface area (Å²) in [5.74, 6) is 0. The number of aromatic nitrogens is 2. The van der Waals surface area contributed by atoms with E-state index in [-0.39, 0.29) is 6.29 Å². The highest BCUT2D eigenvalue weighted by atomic mass is 16.7. The van der Waals surface area contributed by atoms with E-state index in [2.05, 4.69) is 4.98 Å². The minimum absolute atomic E-state index is 0.245. The van der Waals surface area contributed by atoms with Crippen molar-refractivity contribution in [2.75, 3.05) is 26.4 Å². The summed E-state index contributed by atoms with van der Waals surface area (Å²) in [6.07, 6.45) is -0.734. The van der Waals surface area contributed by atoms with Crippen LogP contribution in [0.5, 0.6) is 0 Å². The molecular formula is C18H22N2O5. The molecule has 4 rings (SSSR count). The summed E-state index contributed by atoms with van der Waals surface area (Å²) in [6, 6.07) is 11.1. The fourth-order valence-electron chi connectivity index (χ4n) is 2.55. The van der Waals surface area contributed by atoms with Gasteiger partial charge in [-0.3, -0.25) is 4.98 Å². The smallest absolute Gasteiger partial charge is 0.249 e. The van der Waals surface area contributed by atoms with E-state index in [0.717, 1.165) is 16.1 Å². The van der Waals surface area contributed by atoms with Gasteiger partial charge in [0.15, 0.2) is 5.69 Å². The van der Waals surface area contributed by atoms with E-state index in [1.54, 1.807) is 19.1 Å². The first-order valence-corrected chi connectivity index (χ1v) is 8.24. The number of ether oxygens (including phenoxy) is 4. The summed E-state index contributed by atoms with van der Waals surface area (Å²) in [7, 11) is 0. The maximum absolute atomic E-state index is 11.5. The van der Waals surface area contributed by atoms with Crippen LogP contribution in [0.1, 0.15) is 35.4 Å². The lowest BCUT2D eigenvalue weighted by Gasteiger charge is -2.10. The zero-order chi connectivity index (χ0) is 17.6. The standard InChI is InChI=1S/C9H11NO3.C9H11NO2/c1-7-3-2-4-8(10(7)11)9-12-5-6-13-9;1-7-3-2-4-8(10-7)9-11-5-6-12-9/h2-4,9H,5-6H2,1H3;2-4,9H,5-6H2,1H3. The van der Waals surface area contributed by atoms with Gasteiger partial charge in [0, 0.05) is 24.8 Å². The topological polar surface area (TPSA) is 76.8 Å². The molecule has 2 aliphatic rings. The minimum Gasteiger partial charge on any atom is -0.618 e. The highest BCUT2D eigenvalue weighted by Gasteiger charge is 2.26. The molecule has 2 saturated heterocycles. The number of aryl methyl sites for hydroxylation is 2. The Balaban J connectivity index is 0.000000146. The van der Waals surface area contributed by atoms with Gasteiger partial charge < -0.3 is 24.2 Å². The van der Waals surface area contributed by atoms with Crippen LogP contribution in [-0.2, 0) is 18.9 Å². The molecule has 7 nitrogen and oxygen atoms in total. The molecule has 0 radical (unpaired) electrons. The predicted octanol–water partition coefficient (Wildman–Crippen LogP) is 2.11. The summed E-state index contributed by atoms with van der Waals surface area (Å²) in [5.41, 5.74) is 3.04. The zero-order valence-corrected chi connectivity index (χ0v) is 14.4. The minimum atomic E-state index is -0.489. The van der Waals surface area contributed by atoms with Gasteiger partial charge in [0.05, 0.1) is 32.1 Å². The van der Waals surface area contributed by atoms with Crippen LogP contribution in [-0.4, -0.2) is 31.4 Å². The quantitative estimate of drug-likeness (QED) is 0.612. The number of rotatable bonds is 2. The van der Waals surface area contributed by atoms with E-state index >= 15 is 0 Å². The Bertz CT molecular complexity index is 698. The van der Waals surface area contributed by atoms with Crippen molar-refractivity contribution >= 4 is 0 Å². The number of nitrogens with zero attached hydrogens (tertiary/aromatic N) is 2. The molecule has 25 heavy (non-hydrogen) atoms. The van der Waals surface area contributed by atoms with E-state index in [1.807, 2.05) is 31.2 Å². The Labute approximate surface area is 146 Å². The monoisotopic (exact) mass is 346 g/mol. The molecule has 0 atom stereocenters. The first kappa shape index (κ1) is 17.8. The van der Waals surface area contributed by atoms with E-state index in [0.29, 0.717) is 37.8 Å². The van der Waals surface area contributed by atoms with Crippen molar-refractivity contribution in [3.63, 3.8) is 0 Å². The Hall–Kier alpha value is -2.06. The van der Waals surface area contributed by atoms with E-state index in [1.165, 1.54) is 0 Å². The van der Waals surface area contributed by atoms with Crippen LogP contribution < -0.4 is 4.73 Å².